The van der Waals surface area contributed by atoms with E-state index in [1.165, 1.54) is 13.2 Å². The van der Waals surface area contributed by atoms with Crippen LogP contribution in [0.2, 0.25) is 0 Å². The molecule has 1 heterocycles. The summed E-state index contributed by atoms with van der Waals surface area (Å²) < 4.78 is 18.6. The minimum absolute atomic E-state index is 0.271. The lowest BCUT2D eigenvalue weighted by Gasteiger charge is -2.31. The maximum absolute atomic E-state index is 13.5. The third kappa shape index (κ3) is 3.15. The molecule has 20 heavy (non-hydrogen) atoms. The molecule has 110 valence electrons. The van der Waals surface area contributed by atoms with Gasteiger partial charge < -0.3 is 20.7 Å². The van der Waals surface area contributed by atoms with Gasteiger partial charge in [0.2, 0.25) is 0 Å². The van der Waals surface area contributed by atoms with E-state index in [4.69, 9.17) is 10.5 Å². The minimum Gasteiger partial charge on any atom is -0.494 e. The maximum atomic E-state index is 13.5. The summed E-state index contributed by atoms with van der Waals surface area (Å²) in [6.07, 6.45) is 2.04. The summed E-state index contributed by atoms with van der Waals surface area (Å²) in [5.74, 6) is 1.02. The molecular formula is C15H22FN3O. The molecule has 1 aliphatic heterocycles. The second-order valence-corrected chi connectivity index (χ2v) is 5.33. The van der Waals surface area contributed by atoms with Gasteiger partial charge in [-0.2, -0.15) is 0 Å². The summed E-state index contributed by atoms with van der Waals surface area (Å²) in [5, 5.41) is 3.12. The molecule has 1 aromatic carbocycles. The summed E-state index contributed by atoms with van der Waals surface area (Å²) in [4.78, 5) is 2.23. The molecule has 0 bridgehead atoms. The standard InChI is InChI=1S/C15H22FN3O/c1-10(2)19(9-11-6-15(17)18-8-11)12-4-5-13(16)14(7-12)20-3/h4-7,10-11,18H,8-9,17H2,1-3H3/t11-/m0/s1. The highest BCUT2D eigenvalue weighted by Crippen LogP contribution is 2.27. The van der Waals surface area contributed by atoms with Gasteiger partial charge in [-0.15, -0.1) is 0 Å². The first kappa shape index (κ1) is 14.5. The van der Waals surface area contributed by atoms with Gasteiger partial charge in [0.15, 0.2) is 11.6 Å². The number of hydrogen-bond acceptors (Lipinski definition) is 4. The van der Waals surface area contributed by atoms with Crippen molar-refractivity contribution in [2.75, 3.05) is 25.1 Å². The van der Waals surface area contributed by atoms with Crippen molar-refractivity contribution < 1.29 is 9.13 Å². The Morgan fingerprint density at radius 1 is 1.50 bits per heavy atom. The van der Waals surface area contributed by atoms with E-state index in [9.17, 15) is 4.39 Å². The number of anilines is 1. The number of halogens is 1. The Bertz CT molecular complexity index is 502. The molecule has 1 atom stereocenters. The highest BCUT2D eigenvalue weighted by molar-refractivity contribution is 5.52. The van der Waals surface area contributed by atoms with Gasteiger partial charge in [-0.1, -0.05) is 0 Å². The van der Waals surface area contributed by atoms with Crippen LogP contribution in [0.15, 0.2) is 30.1 Å². The average molecular weight is 279 g/mol. The van der Waals surface area contributed by atoms with Gasteiger partial charge in [0, 0.05) is 36.8 Å². The number of methoxy groups -OCH3 is 1. The topological polar surface area (TPSA) is 50.5 Å². The molecule has 1 aromatic rings. The Morgan fingerprint density at radius 2 is 2.25 bits per heavy atom. The number of nitrogens with two attached hydrogens (primary N) is 1. The molecule has 0 aromatic heterocycles. The van der Waals surface area contributed by atoms with Gasteiger partial charge >= 0.3 is 0 Å². The van der Waals surface area contributed by atoms with Crippen LogP contribution in [0.25, 0.3) is 0 Å². The van der Waals surface area contributed by atoms with E-state index in [1.807, 2.05) is 6.08 Å². The lowest BCUT2D eigenvalue weighted by molar-refractivity contribution is 0.386. The van der Waals surface area contributed by atoms with Crippen LogP contribution < -0.4 is 20.7 Å². The zero-order chi connectivity index (χ0) is 14.7. The van der Waals surface area contributed by atoms with Crippen LogP contribution in [0.3, 0.4) is 0 Å². The van der Waals surface area contributed by atoms with Crippen LogP contribution in [0.4, 0.5) is 10.1 Å². The van der Waals surface area contributed by atoms with E-state index < -0.39 is 0 Å². The zero-order valence-electron chi connectivity index (χ0n) is 12.2. The molecule has 0 unspecified atom stereocenters. The van der Waals surface area contributed by atoms with Crippen LogP contribution in [-0.2, 0) is 0 Å². The van der Waals surface area contributed by atoms with E-state index in [0.717, 1.165) is 24.6 Å². The lowest BCUT2D eigenvalue weighted by atomic mass is 10.1. The molecule has 0 aliphatic carbocycles. The molecule has 0 amide bonds. The first-order chi connectivity index (χ1) is 9.51. The lowest BCUT2D eigenvalue weighted by Crippen LogP contribution is -2.36. The third-order valence-corrected chi connectivity index (χ3v) is 3.50. The summed E-state index contributed by atoms with van der Waals surface area (Å²) in [6.45, 7) is 5.91. The summed E-state index contributed by atoms with van der Waals surface area (Å²) >= 11 is 0. The fourth-order valence-electron chi connectivity index (χ4n) is 2.43. The minimum atomic E-state index is -0.341. The second-order valence-electron chi connectivity index (χ2n) is 5.33. The van der Waals surface area contributed by atoms with Gasteiger partial charge in [-0.3, -0.25) is 0 Å². The van der Waals surface area contributed by atoms with Crippen LogP contribution >= 0.6 is 0 Å². The van der Waals surface area contributed by atoms with Crippen LogP contribution in [-0.4, -0.2) is 26.2 Å². The quantitative estimate of drug-likeness (QED) is 0.866. The van der Waals surface area contributed by atoms with Crippen molar-refractivity contribution in [3.63, 3.8) is 0 Å². The van der Waals surface area contributed by atoms with E-state index in [-0.39, 0.29) is 11.6 Å². The van der Waals surface area contributed by atoms with Crippen molar-refractivity contribution in [2.45, 2.75) is 19.9 Å². The number of ether oxygens (including phenoxy) is 1. The highest BCUT2D eigenvalue weighted by atomic mass is 19.1. The van der Waals surface area contributed by atoms with Crippen molar-refractivity contribution >= 4 is 5.69 Å². The van der Waals surface area contributed by atoms with Gasteiger partial charge in [-0.25, -0.2) is 4.39 Å². The SMILES string of the molecule is COc1cc(N(C[C@H]2C=C(N)NC2)C(C)C)ccc1F. The molecule has 1 aliphatic rings. The molecule has 0 spiro atoms. The Labute approximate surface area is 119 Å². The molecular weight excluding hydrogens is 257 g/mol. The van der Waals surface area contributed by atoms with Crippen LogP contribution in [0.1, 0.15) is 13.8 Å². The van der Waals surface area contributed by atoms with Crippen molar-refractivity contribution in [1.29, 1.82) is 0 Å². The fraction of sp³-hybridized carbons (Fsp3) is 0.467. The maximum Gasteiger partial charge on any atom is 0.165 e. The van der Waals surface area contributed by atoms with Crippen LogP contribution in [0, 0.1) is 11.7 Å². The second kappa shape index (κ2) is 6.03. The first-order valence-electron chi connectivity index (χ1n) is 6.82. The molecule has 3 N–H and O–H groups in total. The normalized spacial score (nSPS) is 17.9. The Balaban J connectivity index is 2.20. The van der Waals surface area contributed by atoms with Gasteiger partial charge in [0.1, 0.15) is 0 Å². The van der Waals surface area contributed by atoms with E-state index in [1.54, 1.807) is 12.1 Å². The Kier molecular flexibility index (Phi) is 4.37. The van der Waals surface area contributed by atoms with Crippen molar-refractivity contribution in [3.8, 4) is 5.75 Å². The van der Waals surface area contributed by atoms with Gasteiger partial charge in [0.05, 0.1) is 12.9 Å². The van der Waals surface area contributed by atoms with Crippen molar-refractivity contribution in [3.05, 3.63) is 35.9 Å². The summed E-state index contributed by atoms with van der Waals surface area (Å²) in [6, 6.07) is 5.28. The van der Waals surface area contributed by atoms with Crippen molar-refractivity contribution in [2.24, 2.45) is 11.7 Å². The Hall–Kier alpha value is -1.91. The smallest absolute Gasteiger partial charge is 0.165 e. The predicted molar refractivity (Wildman–Crippen MR) is 79.2 cm³/mol. The molecule has 0 fully saturated rings. The molecule has 5 heteroatoms. The molecule has 0 saturated heterocycles. The number of hydrogen-bond donors (Lipinski definition) is 2. The zero-order valence-corrected chi connectivity index (χ0v) is 12.2. The number of benzene rings is 1. The monoisotopic (exact) mass is 279 g/mol. The molecule has 4 nitrogen and oxygen atoms in total. The number of rotatable bonds is 5. The third-order valence-electron chi connectivity index (χ3n) is 3.50. The first-order valence-corrected chi connectivity index (χ1v) is 6.82. The molecule has 0 radical (unpaired) electrons. The van der Waals surface area contributed by atoms with E-state index >= 15 is 0 Å². The van der Waals surface area contributed by atoms with Gasteiger partial charge in [0.25, 0.3) is 0 Å². The van der Waals surface area contributed by atoms with E-state index in [0.29, 0.717) is 12.0 Å². The van der Waals surface area contributed by atoms with Gasteiger partial charge in [-0.05, 0) is 32.1 Å². The highest BCUT2D eigenvalue weighted by Gasteiger charge is 2.20. The Morgan fingerprint density at radius 3 is 2.80 bits per heavy atom. The number of nitrogens with one attached hydrogen (secondary N) is 1. The summed E-state index contributed by atoms with van der Waals surface area (Å²) in [7, 11) is 1.48. The van der Waals surface area contributed by atoms with E-state index in [2.05, 4.69) is 24.1 Å². The largest absolute Gasteiger partial charge is 0.494 e. The average Bonchev–Trinajstić information content (AvgIpc) is 2.82. The van der Waals surface area contributed by atoms with Crippen LogP contribution in [0.5, 0.6) is 5.75 Å². The number of nitrogens with zero attached hydrogens (tertiary/aromatic N) is 1. The van der Waals surface area contributed by atoms with Crippen molar-refractivity contribution in [1.82, 2.24) is 5.32 Å². The predicted octanol–water partition coefficient (Wildman–Crippen LogP) is 2.07. The molecule has 2 rings (SSSR count). The molecule has 0 saturated carbocycles. The summed E-state index contributed by atoms with van der Waals surface area (Å²) in [5.41, 5.74) is 6.70. The fourth-order valence-corrected chi connectivity index (χ4v) is 2.43.